The molecule has 0 nitrogen and oxygen atoms in total. The Labute approximate surface area is 98.9 Å². The molecule has 0 saturated heterocycles. The molecule has 0 heterocycles. The van der Waals surface area contributed by atoms with Gasteiger partial charge in [-0.15, -0.1) is 0 Å². The minimum atomic E-state index is 0.949. The second-order valence-corrected chi connectivity index (χ2v) is 4.98. The maximum atomic E-state index is 2.34. The Hall–Kier alpha value is 0. The fraction of sp³-hybridized carbons (Fsp3) is 1.00. The van der Waals surface area contributed by atoms with Crippen LogP contribution >= 0.6 is 0 Å². The molecule has 0 saturated carbocycles. The van der Waals surface area contributed by atoms with Crippen LogP contribution in [-0.2, 0) is 0 Å². The van der Waals surface area contributed by atoms with Crippen molar-refractivity contribution >= 4 is 0 Å². The van der Waals surface area contributed by atoms with Gasteiger partial charge >= 0.3 is 0 Å². The molecule has 0 bridgehead atoms. The Balaban J connectivity index is 0. The van der Waals surface area contributed by atoms with E-state index in [2.05, 4.69) is 41.5 Å². The summed E-state index contributed by atoms with van der Waals surface area (Å²) in [5, 5.41) is 0. The highest BCUT2D eigenvalue weighted by atomic mass is 14.0. The zero-order valence-corrected chi connectivity index (χ0v) is 12.1. The summed E-state index contributed by atoms with van der Waals surface area (Å²) in [5.41, 5.74) is 0. The van der Waals surface area contributed by atoms with Crippen LogP contribution in [0.1, 0.15) is 86.5 Å². The predicted octanol–water partition coefficient (Wildman–Crippen LogP) is 6.06. The summed E-state index contributed by atoms with van der Waals surface area (Å²) in [6.45, 7) is 13.7. The minimum Gasteiger partial charge on any atom is -0.0654 e. The second-order valence-electron chi connectivity index (χ2n) is 4.98. The van der Waals surface area contributed by atoms with E-state index in [1.807, 2.05) is 0 Å². The Kier molecular flexibility index (Phi) is 16.2. The third kappa shape index (κ3) is 16.7. The first kappa shape index (κ1) is 17.4. The average Bonchev–Trinajstić information content (AvgIpc) is 2.20. The third-order valence-electron chi connectivity index (χ3n) is 3.04. The molecule has 0 aromatic rings. The van der Waals surface area contributed by atoms with Crippen LogP contribution in [0.4, 0.5) is 0 Å². The molecule has 0 heteroatoms. The Morgan fingerprint density at radius 2 is 0.933 bits per heavy atom. The standard InChI is InChI=1S/C8H18.C7H16/c1-4-6-8(3)7-5-2;1-4-6-7(3)5-2/h8H,4-7H2,1-3H3;7H,4-6H2,1-3H3. The van der Waals surface area contributed by atoms with Crippen LogP contribution in [0.3, 0.4) is 0 Å². The van der Waals surface area contributed by atoms with Crippen LogP contribution in [0.15, 0.2) is 0 Å². The summed E-state index contributed by atoms with van der Waals surface area (Å²) in [4.78, 5) is 0. The predicted molar refractivity (Wildman–Crippen MR) is 73.3 cm³/mol. The normalized spacial score (nSPS) is 12.2. The zero-order chi connectivity index (χ0) is 12.1. The van der Waals surface area contributed by atoms with E-state index in [4.69, 9.17) is 0 Å². The van der Waals surface area contributed by atoms with Crippen LogP contribution < -0.4 is 0 Å². The molecule has 0 aromatic carbocycles. The maximum absolute atomic E-state index is 2.34. The van der Waals surface area contributed by atoms with Gasteiger partial charge in [0.15, 0.2) is 0 Å². The van der Waals surface area contributed by atoms with Crippen molar-refractivity contribution in [3.63, 3.8) is 0 Å². The van der Waals surface area contributed by atoms with Gasteiger partial charge in [-0.05, 0) is 11.8 Å². The van der Waals surface area contributed by atoms with Crippen molar-refractivity contribution in [3.8, 4) is 0 Å². The highest BCUT2D eigenvalue weighted by Gasteiger charge is 1.95. The molecule has 0 aliphatic rings. The van der Waals surface area contributed by atoms with Crippen molar-refractivity contribution in [3.05, 3.63) is 0 Å². The fourth-order valence-corrected chi connectivity index (χ4v) is 1.83. The van der Waals surface area contributed by atoms with Gasteiger partial charge in [0.05, 0.1) is 0 Å². The van der Waals surface area contributed by atoms with Crippen LogP contribution in [0.5, 0.6) is 0 Å². The summed E-state index contributed by atoms with van der Waals surface area (Å²) < 4.78 is 0. The van der Waals surface area contributed by atoms with Crippen molar-refractivity contribution in [2.75, 3.05) is 0 Å². The van der Waals surface area contributed by atoms with Gasteiger partial charge in [-0.1, -0.05) is 86.5 Å². The monoisotopic (exact) mass is 214 g/mol. The summed E-state index contributed by atoms with van der Waals surface area (Å²) in [5.74, 6) is 1.91. The first-order valence-corrected chi connectivity index (χ1v) is 7.12. The van der Waals surface area contributed by atoms with Crippen molar-refractivity contribution in [2.24, 2.45) is 11.8 Å². The molecule has 1 unspecified atom stereocenters. The Morgan fingerprint density at radius 1 is 0.600 bits per heavy atom. The highest BCUT2D eigenvalue weighted by Crippen LogP contribution is 2.10. The largest absolute Gasteiger partial charge is 0.0654 e. The molecule has 0 amide bonds. The van der Waals surface area contributed by atoms with Crippen molar-refractivity contribution in [2.45, 2.75) is 86.5 Å². The Morgan fingerprint density at radius 3 is 1.13 bits per heavy atom. The lowest BCUT2D eigenvalue weighted by Gasteiger charge is -2.05. The van der Waals surface area contributed by atoms with Gasteiger partial charge in [0.25, 0.3) is 0 Å². The van der Waals surface area contributed by atoms with Crippen LogP contribution in [-0.4, -0.2) is 0 Å². The number of hydrogen-bond acceptors (Lipinski definition) is 0. The van der Waals surface area contributed by atoms with E-state index in [-0.39, 0.29) is 0 Å². The van der Waals surface area contributed by atoms with Gasteiger partial charge in [-0.3, -0.25) is 0 Å². The smallest absolute Gasteiger partial charge is 0.0443 e. The van der Waals surface area contributed by atoms with Gasteiger partial charge in [-0.2, -0.15) is 0 Å². The molecular weight excluding hydrogens is 180 g/mol. The van der Waals surface area contributed by atoms with Crippen molar-refractivity contribution in [1.82, 2.24) is 0 Å². The van der Waals surface area contributed by atoms with Gasteiger partial charge in [-0.25, -0.2) is 0 Å². The molecule has 0 fully saturated rings. The number of rotatable bonds is 7. The molecule has 0 aliphatic carbocycles. The molecule has 15 heavy (non-hydrogen) atoms. The fourth-order valence-electron chi connectivity index (χ4n) is 1.83. The van der Waals surface area contributed by atoms with Crippen LogP contribution in [0, 0.1) is 11.8 Å². The molecule has 94 valence electrons. The van der Waals surface area contributed by atoms with Gasteiger partial charge in [0.2, 0.25) is 0 Å². The van der Waals surface area contributed by atoms with Crippen molar-refractivity contribution < 1.29 is 0 Å². The lowest BCUT2D eigenvalue weighted by molar-refractivity contribution is 0.480. The topological polar surface area (TPSA) is 0 Å². The lowest BCUT2D eigenvalue weighted by atomic mass is 10.0. The molecule has 0 rings (SSSR count). The van der Waals surface area contributed by atoms with Crippen LogP contribution in [0.25, 0.3) is 0 Å². The van der Waals surface area contributed by atoms with E-state index in [1.165, 1.54) is 44.9 Å². The minimum absolute atomic E-state index is 0.949. The summed E-state index contributed by atoms with van der Waals surface area (Å²) in [7, 11) is 0. The quantitative estimate of drug-likeness (QED) is 0.483. The lowest BCUT2D eigenvalue weighted by Crippen LogP contribution is -1.91. The van der Waals surface area contributed by atoms with E-state index in [0.717, 1.165) is 11.8 Å². The van der Waals surface area contributed by atoms with E-state index in [9.17, 15) is 0 Å². The van der Waals surface area contributed by atoms with E-state index >= 15 is 0 Å². The average molecular weight is 214 g/mol. The Bertz CT molecular complexity index is 90.2. The van der Waals surface area contributed by atoms with Gasteiger partial charge in [0.1, 0.15) is 0 Å². The first-order valence-electron chi connectivity index (χ1n) is 7.12. The summed E-state index contributed by atoms with van der Waals surface area (Å²) in [6, 6.07) is 0. The summed E-state index contributed by atoms with van der Waals surface area (Å²) >= 11 is 0. The van der Waals surface area contributed by atoms with Crippen molar-refractivity contribution in [1.29, 1.82) is 0 Å². The maximum Gasteiger partial charge on any atom is -0.0443 e. The molecule has 0 aliphatic heterocycles. The SMILES string of the molecule is CCCC(C)CC.CCCC(C)CCC. The highest BCUT2D eigenvalue weighted by molar-refractivity contribution is 4.49. The molecule has 0 N–H and O–H groups in total. The number of hydrogen-bond donors (Lipinski definition) is 0. The summed E-state index contributed by atoms with van der Waals surface area (Å²) in [6.07, 6.45) is 9.60. The first-order chi connectivity index (χ1) is 7.12. The molecule has 0 spiro atoms. The molecule has 0 aromatic heterocycles. The van der Waals surface area contributed by atoms with Gasteiger partial charge in [0, 0.05) is 0 Å². The third-order valence-corrected chi connectivity index (χ3v) is 3.04. The molecule has 0 radical (unpaired) electrons. The van der Waals surface area contributed by atoms with Gasteiger partial charge < -0.3 is 0 Å². The van der Waals surface area contributed by atoms with E-state index < -0.39 is 0 Å². The zero-order valence-electron chi connectivity index (χ0n) is 12.1. The van der Waals surface area contributed by atoms with Crippen LogP contribution in [0.2, 0.25) is 0 Å². The molecule has 1 atom stereocenters. The van der Waals surface area contributed by atoms with E-state index in [1.54, 1.807) is 0 Å². The van der Waals surface area contributed by atoms with E-state index in [0.29, 0.717) is 0 Å². The second kappa shape index (κ2) is 14.0. The molecular formula is C15H34.